The van der Waals surface area contributed by atoms with Crippen LogP contribution in [0, 0.1) is 11.3 Å². The summed E-state index contributed by atoms with van der Waals surface area (Å²) in [7, 11) is -1.26. The zero-order valence-electron chi connectivity index (χ0n) is 11.9. The van der Waals surface area contributed by atoms with Crippen molar-refractivity contribution >= 4 is 16.0 Å². The molecule has 1 rings (SSSR count). The maximum atomic E-state index is 12.5. The van der Waals surface area contributed by atoms with Gasteiger partial charge in [-0.1, -0.05) is 0 Å². The molecule has 0 spiro atoms. The van der Waals surface area contributed by atoms with Gasteiger partial charge in [0.25, 0.3) is 0 Å². The highest BCUT2D eigenvalue weighted by atomic mass is 32.2. The third-order valence-electron chi connectivity index (χ3n) is 3.08. The summed E-state index contributed by atoms with van der Waals surface area (Å²) in [5, 5.41) is 17.6. The van der Waals surface area contributed by atoms with Crippen LogP contribution < -0.4 is 4.74 Å². The minimum Gasteiger partial charge on any atom is -0.495 e. The lowest BCUT2D eigenvalue weighted by atomic mass is 10.2. The number of carbonyl (C=O) groups is 1. The summed E-state index contributed by atoms with van der Waals surface area (Å²) < 4.78 is 31.0. The van der Waals surface area contributed by atoms with Crippen LogP contribution >= 0.6 is 0 Å². The van der Waals surface area contributed by atoms with Crippen molar-refractivity contribution in [1.82, 2.24) is 4.31 Å². The minimum atomic E-state index is -3.88. The maximum absolute atomic E-state index is 12.5. The minimum absolute atomic E-state index is 0.0469. The number of hydrogen-bond acceptors (Lipinski definition) is 5. The van der Waals surface area contributed by atoms with E-state index in [1.807, 2.05) is 6.07 Å². The molecular weight excluding hydrogens is 296 g/mol. The predicted octanol–water partition coefficient (Wildman–Crippen LogP) is 1.32. The fraction of sp³-hybridized carbons (Fsp3) is 0.385. The van der Waals surface area contributed by atoms with Crippen LogP contribution in [0.15, 0.2) is 23.1 Å². The highest BCUT2D eigenvalue weighted by Gasteiger charge is 2.28. The lowest BCUT2D eigenvalue weighted by molar-refractivity contribution is 0.0696. The Hall–Kier alpha value is -2.11. The topological polar surface area (TPSA) is 108 Å². The van der Waals surface area contributed by atoms with Crippen molar-refractivity contribution < 1.29 is 23.1 Å². The summed E-state index contributed by atoms with van der Waals surface area (Å²) in [6.07, 6.45) is 0.0469. The van der Waals surface area contributed by atoms with Crippen LogP contribution in [0.1, 0.15) is 23.7 Å². The van der Waals surface area contributed by atoms with Crippen molar-refractivity contribution in [2.75, 3.05) is 14.2 Å². The van der Waals surface area contributed by atoms with Gasteiger partial charge in [0, 0.05) is 13.1 Å². The molecule has 0 saturated heterocycles. The molecule has 1 N–H and O–H groups in total. The molecule has 0 aliphatic heterocycles. The second kappa shape index (κ2) is 6.56. The van der Waals surface area contributed by atoms with Crippen molar-refractivity contribution in [3.63, 3.8) is 0 Å². The number of hydrogen-bond donors (Lipinski definition) is 1. The standard InChI is InChI=1S/C13H16N2O5S/c1-9(6-7-14)15(2)21(18,19)12-5-4-10(13(16)17)8-11(12)20-3/h4-5,8-9H,6H2,1-3H3,(H,16,17). The number of ether oxygens (including phenoxy) is 1. The molecule has 0 aliphatic carbocycles. The number of nitrogens with zero attached hydrogens (tertiary/aromatic N) is 2. The first-order valence-corrected chi connectivity index (χ1v) is 7.46. The Bertz CT molecular complexity index is 678. The number of rotatable bonds is 6. The molecule has 0 bridgehead atoms. The Morgan fingerprint density at radius 1 is 1.52 bits per heavy atom. The molecule has 0 fully saturated rings. The number of aromatic carboxylic acids is 1. The highest BCUT2D eigenvalue weighted by Crippen LogP contribution is 2.28. The lowest BCUT2D eigenvalue weighted by Gasteiger charge is -2.23. The summed E-state index contributed by atoms with van der Waals surface area (Å²) in [4.78, 5) is 10.8. The summed E-state index contributed by atoms with van der Waals surface area (Å²) in [6.45, 7) is 1.61. The van der Waals surface area contributed by atoms with Gasteiger partial charge in [0.1, 0.15) is 10.6 Å². The lowest BCUT2D eigenvalue weighted by Crippen LogP contribution is -2.35. The number of methoxy groups -OCH3 is 1. The molecule has 0 saturated carbocycles. The summed E-state index contributed by atoms with van der Waals surface area (Å²) in [6, 6.07) is 4.93. The van der Waals surface area contributed by atoms with Crippen LogP contribution in [0.4, 0.5) is 0 Å². The molecule has 114 valence electrons. The number of nitriles is 1. The van der Waals surface area contributed by atoms with E-state index in [1.54, 1.807) is 6.92 Å². The molecule has 0 aliphatic rings. The normalized spacial score (nSPS) is 12.7. The number of sulfonamides is 1. The van der Waals surface area contributed by atoms with Crippen molar-refractivity contribution in [3.8, 4) is 11.8 Å². The largest absolute Gasteiger partial charge is 0.495 e. The molecule has 21 heavy (non-hydrogen) atoms. The zero-order valence-corrected chi connectivity index (χ0v) is 12.7. The van der Waals surface area contributed by atoms with Crippen LogP contribution in [0.2, 0.25) is 0 Å². The van der Waals surface area contributed by atoms with E-state index in [4.69, 9.17) is 15.1 Å². The quantitative estimate of drug-likeness (QED) is 0.848. The molecule has 1 aromatic rings. The molecule has 8 heteroatoms. The van der Waals surface area contributed by atoms with E-state index in [0.29, 0.717) is 0 Å². The molecule has 1 aromatic carbocycles. The van der Waals surface area contributed by atoms with Gasteiger partial charge < -0.3 is 9.84 Å². The predicted molar refractivity (Wildman–Crippen MR) is 74.6 cm³/mol. The molecule has 0 radical (unpaired) electrons. The third kappa shape index (κ3) is 3.51. The van der Waals surface area contributed by atoms with Gasteiger partial charge in [0.05, 0.1) is 25.2 Å². The fourth-order valence-electron chi connectivity index (χ4n) is 1.67. The first kappa shape index (κ1) is 16.9. The number of carboxylic acids is 1. The van der Waals surface area contributed by atoms with Gasteiger partial charge in [-0.15, -0.1) is 0 Å². The van der Waals surface area contributed by atoms with Gasteiger partial charge in [-0.25, -0.2) is 13.2 Å². The molecule has 0 amide bonds. The van der Waals surface area contributed by atoms with E-state index in [-0.39, 0.29) is 22.6 Å². The van der Waals surface area contributed by atoms with Gasteiger partial charge in [0.2, 0.25) is 10.0 Å². The summed E-state index contributed by atoms with van der Waals surface area (Å²) in [5.74, 6) is -1.23. The number of carboxylic acid groups (broad SMARTS) is 1. The third-order valence-corrected chi connectivity index (χ3v) is 5.09. The molecule has 1 atom stereocenters. The van der Waals surface area contributed by atoms with Gasteiger partial charge in [0.15, 0.2) is 0 Å². The van der Waals surface area contributed by atoms with E-state index in [1.165, 1.54) is 26.3 Å². The summed E-state index contributed by atoms with van der Waals surface area (Å²) in [5.41, 5.74) is -0.0708. The SMILES string of the molecule is COc1cc(C(=O)O)ccc1S(=O)(=O)N(C)C(C)CC#N. The Kier molecular flexibility index (Phi) is 5.29. The highest BCUT2D eigenvalue weighted by molar-refractivity contribution is 7.89. The molecule has 0 heterocycles. The van der Waals surface area contributed by atoms with Crippen LogP contribution in [0.3, 0.4) is 0 Å². The van der Waals surface area contributed by atoms with E-state index in [2.05, 4.69) is 0 Å². The van der Waals surface area contributed by atoms with Crippen LogP contribution in [0.25, 0.3) is 0 Å². The fourth-order valence-corrected chi connectivity index (χ4v) is 3.16. The van der Waals surface area contributed by atoms with E-state index in [0.717, 1.165) is 10.4 Å². The van der Waals surface area contributed by atoms with Crippen LogP contribution in [0.5, 0.6) is 5.75 Å². The smallest absolute Gasteiger partial charge is 0.335 e. The Morgan fingerprint density at radius 3 is 2.62 bits per heavy atom. The summed E-state index contributed by atoms with van der Waals surface area (Å²) >= 11 is 0. The van der Waals surface area contributed by atoms with E-state index >= 15 is 0 Å². The van der Waals surface area contributed by atoms with Gasteiger partial charge in [-0.3, -0.25) is 0 Å². The van der Waals surface area contributed by atoms with Crippen molar-refractivity contribution in [1.29, 1.82) is 5.26 Å². The molecule has 7 nitrogen and oxygen atoms in total. The first-order chi connectivity index (χ1) is 9.75. The van der Waals surface area contributed by atoms with Crippen molar-refractivity contribution in [2.24, 2.45) is 0 Å². The van der Waals surface area contributed by atoms with Gasteiger partial charge in [-0.2, -0.15) is 9.57 Å². The van der Waals surface area contributed by atoms with Gasteiger partial charge in [-0.05, 0) is 25.1 Å². The average Bonchev–Trinajstić information content (AvgIpc) is 2.45. The van der Waals surface area contributed by atoms with Crippen molar-refractivity contribution in [3.05, 3.63) is 23.8 Å². The van der Waals surface area contributed by atoms with Crippen molar-refractivity contribution in [2.45, 2.75) is 24.3 Å². The zero-order chi connectivity index (χ0) is 16.2. The first-order valence-electron chi connectivity index (χ1n) is 6.02. The molecule has 1 unspecified atom stereocenters. The Labute approximate surface area is 123 Å². The van der Waals surface area contributed by atoms with E-state index < -0.39 is 22.0 Å². The Morgan fingerprint density at radius 2 is 2.14 bits per heavy atom. The molecule has 0 aromatic heterocycles. The monoisotopic (exact) mass is 312 g/mol. The van der Waals surface area contributed by atoms with E-state index in [9.17, 15) is 13.2 Å². The molecular formula is C13H16N2O5S. The Balaban J connectivity index is 3.32. The van der Waals surface area contributed by atoms with Crippen LogP contribution in [-0.2, 0) is 10.0 Å². The second-order valence-corrected chi connectivity index (χ2v) is 6.37. The average molecular weight is 312 g/mol. The maximum Gasteiger partial charge on any atom is 0.335 e. The van der Waals surface area contributed by atoms with Crippen LogP contribution in [-0.4, -0.2) is 44.0 Å². The second-order valence-electron chi connectivity index (χ2n) is 4.40. The van der Waals surface area contributed by atoms with Gasteiger partial charge >= 0.3 is 5.97 Å². The number of benzene rings is 1.